The van der Waals surface area contributed by atoms with Gasteiger partial charge in [-0.2, -0.15) is 0 Å². The average Bonchev–Trinajstić information content (AvgIpc) is 2.67. The summed E-state index contributed by atoms with van der Waals surface area (Å²) in [6.07, 6.45) is -0.803. The summed E-state index contributed by atoms with van der Waals surface area (Å²) in [7, 11) is 0. The van der Waals surface area contributed by atoms with E-state index in [-0.39, 0.29) is 6.61 Å². The Labute approximate surface area is 151 Å². The number of ether oxygens (including phenoxy) is 2. The normalized spacial score (nSPS) is 11.6. The van der Waals surface area contributed by atoms with Crippen LogP contribution in [0, 0.1) is 0 Å². The van der Waals surface area contributed by atoms with Crippen LogP contribution >= 0.6 is 0 Å². The largest absolute Gasteiger partial charge is 0.479 e. The van der Waals surface area contributed by atoms with Crippen LogP contribution in [-0.2, 0) is 14.3 Å². The van der Waals surface area contributed by atoms with Crippen molar-refractivity contribution in [2.45, 2.75) is 13.0 Å². The predicted octanol–water partition coefficient (Wildman–Crippen LogP) is 3.79. The van der Waals surface area contributed by atoms with E-state index in [0.717, 1.165) is 10.8 Å². The second-order valence-corrected chi connectivity index (χ2v) is 5.76. The first-order valence-corrected chi connectivity index (χ1v) is 8.29. The first kappa shape index (κ1) is 17.5. The molecule has 0 aromatic heterocycles. The number of nitrogens with one attached hydrogen (secondary N) is 1. The van der Waals surface area contributed by atoms with Crippen LogP contribution in [0.3, 0.4) is 0 Å². The molecule has 0 bridgehead atoms. The van der Waals surface area contributed by atoms with Gasteiger partial charge < -0.3 is 14.8 Å². The fraction of sp³-hybridized carbons (Fsp3) is 0.143. The second kappa shape index (κ2) is 8.16. The van der Waals surface area contributed by atoms with E-state index in [9.17, 15) is 9.59 Å². The van der Waals surface area contributed by atoms with Crippen molar-refractivity contribution in [2.24, 2.45) is 0 Å². The molecule has 3 aromatic rings. The van der Waals surface area contributed by atoms with Crippen LogP contribution in [0.1, 0.15) is 6.92 Å². The Balaban J connectivity index is 1.54. The van der Waals surface area contributed by atoms with Gasteiger partial charge >= 0.3 is 5.97 Å². The number of hydrogen-bond acceptors (Lipinski definition) is 4. The van der Waals surface area contributed by atoms with Crippen LogP contribution in [-0.4, -0.2) is 24.6 Å². The Morgan fingerprint density at radius 1 is 0.923 bits per heavy atom. The molecule has 1 amide bonds. The zero-order chi connectivity index (χ0) is 18.4. The quantitative estimate of drug-likeness (QED) is 0.688. The number of rotatable bonds is 6. The third-order valence-corrected chi connectivity index (χ3v) is 3.80. The molecule has 0 aliphatic carbocycles. The van der Waals surface area contributed by atoms with Gasteiger partial charge in [0, 0.05) is 11.1 Å². The summed E-state index contributed by atoms with van der Waals surface area (Å²) >= 11 is 0. The van der Waals surface area contributed by atoms with Gasteiger partial charge in [-0.15, -0.1) is 0 Å². The third-order valence-electron chi connectivity index (χ3n) is 3.80. The van der Waals surface area contributed by atoms with Crippen molar-refractivity contribution < 1.29 is 19.1 Å². The average molecular weight is 349 g/mol. The molecule has 1 N–H and O–H groups in total. The van der Waals surface area contributed by atoms with Gasteiger partial charge in [0.2, 0.25) is 0 Å². The van der Waals surface area contributed by atoms with Gasteiger partial charge in [-0.3, -0.25) is 4.79 Å². The summed E-state index contributed by atoms with van der Waals surface area (Å²) in [5, 5.41) is 4.72. The second-order valence-electron chi connectivity index (χ2n) is 5.76. The van der Waals surface area contributed by atoms with E-state index in [1.54, 1.807) is 19.1 Å². The Hall–Kier alpha value is -3.34. The number of esters is 1. The zero-order valence-electron chi connectivity index (χ0n) is 14.3. The van der Waals surface area contributed by atoms with Crippen molar-refractivity contribution in [3.05, 3.63) is 72.8 Å². The maximum absolute atomic E-state index is 12.1. The van der Waals surface area contributed by atoms with Crippen molar-refractivity contribution in [2.75, 3.05) is 11.9 Å². The maximum atomic E-state index is 12.1. The number of anilines is 1. The minimum absolute atomic E-state index is 0.370. The van der Waals surface area contributed by atoms with Crippen LogP contribution < -0.4 is 10.1 Å². The van der Waals surface area contributed by atoms with Crippen LogP contribution in [0.2, 0.25) is 0 Å². The number of carbonyl (C=O) groups excluding carboxylic acids is 2. The van der Waals surface area contributed by atoms with E-state index in [1.807, 2.05) is 60.7 Å². The molecule has 132 valence electrons. The third kappa shape index (κ3) is 4.39. The molecule has 0 aliphatic rings. The Morgan fingerprint density at radius 2 is 1.62 bits per heavy atom. The molecule has 0 saturated heterocycles. The topological polar surface area (TPSA) is 64.6 Å². The van der Waals surface area contributed by atoms with Gasteiger partial charge in [0.15, 0.2) is 12.7 Å². The number of amides is 1. The van der Waals surface area contributed by atoms with E-state index in [2.05, 4.69) is 5.32 Å². The lowest BCUT2D eigenvalue weighted by Crippen LogP contribution is -2.29. The Morgan fingerprint density at radius 3 is 2.42 bits per heavy atom. The summed E-state index contributed by atoms with van der Waals surface area (Å²) in [5.74, 6) is -0.430. The Kier molecular flexibility index (Phi) is 5.49. The standard InChI is InChI=1S/C21H19NO4/c1-15(26-17-10-3-2-4-11-17)21(24)25-14-20(23)22-19-13-7-9-16-8-5-6-12-18(16)19/h2-13,15H,14H2,1H3,(H,22,23)/t15-/m0/s1. The molecular formula is C21H19NO4. The lowest BCUT2D eigenvalue weighted by atomic mass is 10.1. The highest BCUT2D eigenvalue weighted by molar-refractivity contribution is 6.02. The first-order valence-electron chi connectivity index (χ1n) is 8.29. The molecule has 0 saturated carbocycles. The minimum atomic E-state index is -0.803. The monoisotopic (exact) mass is 349 g/mol. The van der Waals surface area contributed by atoms with E-state index < -0.39 is 18.0 Å². The van der Waals surface area contributed by atoms with E-state index in [0.29, 0.717) is 11.4 Å². The molecule has 0 unspecified atom stereocenters. The van der Waals surface area contributed by atoms with Gasteiger partial charge in [-0.1, -0.05) is 54.6 Å². The van der Waals surface area contributed by atoms with Gasteiger partial charge in [-0.05, 0) is 30.5 Å². The van der Waals surface area contributed by atoms with Crippen LogP contribution in [0.15, 0.2) is 72.8 Å². The fourth-order valence-electron chi connectivity index (χ4n) is 2.53. The molecule has 0 heterocycles. The lowest BCUT2D eigenvalue weighted by Gasteiger charge is -2.14. The minimum Gasteiger partial charge on any atom is -0.479 e. The summed E-state index contributed by atoms with van der Waals surface area (Å²) < 4.78 is 10.5. The van der Waals surface area contributed by atoms with Crippen LogP contribution in [0.25, 0.3) is 10.8 Å². The number of fused-ring (bicyclic) bond motifs is 1. The molecule has 0 fully saturated rings. The van der Waals surface area contributed by atoms with Crippen LogP contribution in [0.4, 0.5) is 5.69 Å². The number of hydrogen-bond donors (Lipinski definition) is 1. The van der Waals surface area contributed by atoms with Gasteiger partial charge in [0.1, 0.15) is 5.75 Å². The van der Waals surface area contributed by atoms with E-state index >= 15 is 0 Å². The predicted molar refractivity (Wildman–Crippen MR) is 100 cm³/mol. The number of para-hydroxylation sites is 1. The summed E-state index contributed by atoms with van der Waals surface area (Å²) in [6, 6.07) is 22.3. The van der Waals surface area contributed by atoms with E-state index in [4.69, 9.17) is 9.47 Å². The van der Waals surface area contributed by atoms with Crippen molar-refractivity contribution in [1.82, 2.24) is 0 Å². The summed E-state index contributed by atoms with van der Waals surface area (Å²) in [4.78, 5) is 24.1. The van der Waals surface area contributed by atoms with Gasteiger partial charge in [0.05, 0.1) is 0 Å². The van der Waals surface area contributed by atoms with E-state index in [1.165, 1.54) is 0 Å². The van der Waals surface area contributed by atoms with Crippen molar-refractivity contribution in [3.63, 3.8) is 0 Å². The molecular weight excluding hydrogens is 330 g/mol. The van der Waals surface area contributed by atoms with Crippen molar-refractivity contribution in [3.8, 4) is 5.75 Å². The molecule has 5 nitrogen and oxygen atoms in total. The first-order chi connectivity index (χ1) is 12.6. The molecule has 3 rings (SSSR count). The molecule has 0 radical (unpaired) electrons. The lowest BCUT2D eigenvalue weighted by molar-refractivity contribution is -0.153. The van der Waals surface area contributed by atoms with Gasteiger partial charge in [0.25, 0.3) is 5.91 Å². The fourth-order valence-corrected chi connectivity index (χ4v) is 2.53. The zero-order valence-corrected chi connectivity index (χ0v) is 14.3. The highest BCUT2D eigenvalue weighted by atomic mass is 16.6. The molecule has 3 aromatic carbocycles. The van der Waals surface area contributed by atoms with Crippen molar-refractivity contribution in [1.29, 1.82) is 0 Å². The van der Waals surface area contributed by atoms with Crippen LogP contribution in [0.5, 0.6) is 5.75 Å². The van der Waals surface area contributed by atoms with Gasteiger partial charge in [-0.25, -0.2) is 4.79 Å². The molecule has 5 heteroatoms. The SMILES string of the molecule is C[C@H](Oc1ccccc1)C(=O)OCC(=O)Nc1cccc2ccccc12. The summed E-state index contributed by atoms with van der Waals surface area (Å²) in [6.45, 7) is 1.21. The number of carbonyl (C=O) groups is 2. The maximum Gasteiger partial charge on any atom is 0.347 e. The molecule has 1 atom stereocenters. The summed E-state index contributed by atoms with van der Waals surface area (Å²) in [5.41, 5.74) is 0.678. The smallest absolute Gasteiger partial charge is 0.347 e. The highest BCUT2D eigenvalue weighted by Crippen LogP contribution is 2.22. The molecule has 0 aliphatic heterocycles. The highest BCUT2D eigenvalue weighted by Gasteiger charge is 2.18. The number of benzene rings is 3. The Bertz CT molecular complexity index is 903. The van der Waals surface area contributed by atoms with Crippen molar-refractivity contribution >= 4 is 28.3 Å². The molecule has 26 heavy (non-hydrogen) atoms. The molecule has 0 spiro atoms.